The number of hydrogen-bond acceptors (Lipinski definition) is 3. The maximum atomic E-state index is 9.69. The van der Waals surface area contributed by atoms with Gasteiger partial charge in [-0.25, -0.2) is 0 Å². The van der Waals surface area contributed by atoms with Crippen molar-refractivity contribution < 1.29 is 9.84 Å². The Balaban J connectivity index is 3.59. The molecule has 1 N–H and O–H groups in total. The van der Waals surface area contributed by atoms with Gasteiger partial charge in [-0.15, -0.1) is 0 Å². The average Bonchev–Trinajstić information content (AvgIpc) is 2.25. The van der Waals surface area contributed by atoms with Crippen LogP contribution in [0.1, 0.15) is 25.0 Å². The van der Waals surface area contributed by atoms with E-state index in [1.54, 1.807) is 26.8 Å². The zero-order valence-corrected chi connectivity index (χ0v) is 10.5. The van der Waals surface area contributed by atoms with Gasteiger partial charge in [-0.1, -0.05) is 11.6 Å². The van der Waals surface area contributed by atoms with Crippen LogP contribution in [0.25, 0.3) is 0 Å². The number of nitriles is 1. The Kier molecular flexibility index (Phi) is 3.35. The molecule has 1 aromatic carbocycles. The van der Waals surface area contributed by atoms with Crippen molar-refractivity contribution in [3.8, 4) is 17.6 Å². The Hall–Kier alpha value is -1.40. The molecule has 0 fully saturated rings. The van der Waals surface area contributed by atoms with Crippen LogP contribution in [0.4, 0.5) is 0 Å². The number of nitrogens with zero attached hydrogens (tertiary/aromatic N) is 1. The van der Waals surface area contributed by atoms with Crippen molar-refractivity contribution in [2.75, 3.05) is 7.11 Å². The number of rotatable bonds is 2. The Labute approximate surface area is 100 Å². The zero-order valence-electron chi connectivity index (χ0n) is 9.76. The molecule has 0 aliphatic carbocycles. The van der Waals surface area contributed by atoms with Crippen LogP contribution in [0.3, 0.4) is 0 Å². The number of phenols is 1. The predicted molar refractivity (Wildman–Crippen MR) is 63.0 cm³/mol. The smallest absolute Gasteiger partial charge is 0.146 e. The minimum Gasteiger partial charge on any atom is -0.506 e. The first-order valence-electron chi connectivity index (χ1n) is 4.83. The second-order valence-electron chi connectivity index (χ2n) is 4.17. The number of benzene rings is 1. The maximum Gasteiger partial charge on any atom is 0.146 e. The van der Waals surface area contributed by atoms with Gasteiger partial charge in [0.1, 0.15) is 16.5 Å². The van der Waals surface area contributed by atoms with Crippen LogP contribution in [0.15, 0.2) is 6.07 Å². The number of aryl methyl sites for hydroxylation is 1. The summed E-state index contributed by atoms with van der Waals surface area (Å²) in [6.45, 7) is 5.28. The summed E-state index contributed by atoms with van der Waals surface area (Å²) in [6, 6.07) is 3.91. The zero-order chi connectivity index (χ0) is 12.5. The first-order valence-corrected chi connectivity index (χ1v) is 5.20. The van der Waals surface area contributed by atoms with Gasteiger partial charge in [0.2, 0.25) is 0 Å². The topological polar surface area (TPSA) is 53.2 Å². The molecular weight excluding hydrogens is 226 g/mol. The van der Waals surface area contributed by atoms with Crippen LogP contribution in [0, 0.1) is 18.3 Å². The summed E-state index contributed by atoms with van der Waals surface area (Å²) in [5.41, 5.74) is 0.593. The van der Waals surface area contributed by atoms with Crippen LogP contribution >= 0.6 is 11.6 Å². The molecule has 0 saturated carbocycles. The second kappa shape index (κ2) is 4.23. The lowest BCUT2D eigenvalue weighted by atomic mass is 9.84. The van der Waals surface area contributed by atoms with E-state index in [-0.39, 0.29) is 10.8 Å². The monoisotopic (exact) mass is 239 g/mol. The number of ether oxygens (including phenoxy) is 1. The summed E-state index contributed by atoms with van der Waals surface area (Å²) in [6.07, 6.45) is 0. The summed E-state index contributed by atoms with van der Waals surface area (Å²) in [7, 11) is 1.47. The van der Waals surface area contributed by atoms with E-state index in [2.05, 4.69) is 6.07 Å². The van der Waals surface area contributed by atoms with Gasteiger partial charge in [0.15, 0.2) is 0 Å². The molecule has 0 atom stereocenters. The molecule has 16 heavy (non-hydrogen) atoms. The lowest BCUT2D eigenvalue weighted by Gasteiger charge is -2.21. The van der Waals surface area contributed by atoms with E-state index >= 15 is 0 Å². The first-order chi connectivity index (χ1) is 7.35. The van der Waals surface area contributed by atoms with Gasteiger partial charge in [0.05, 0.1) is 18.6 Å². The molecule has 0 aliphatic rings. The van der Waals surface area contributed by atoms with Crippen molar-refractivity contribution in [1.29, 1.82) is 5.26 Å². The molecule has 0 radical (unpaired) electrons. The molecule has 0 heterocycles. The van der Waals surface area contributed by atoms with Crippen molar-refractivity contribution in [2.45, 2.75) is 26.2 Å². The van der Waals surface area contributed by atoms with Crippen LogP contribution in [-0.4, -0.2) is 12.2 Å². The van der Waals surface area contributed by atoms with Crippen molar-refractivity contribution in [1.82, 2.24) is 0 Å². The fourth-order valence-electron chi connectivity index (χ4n) is 1.47. The Morgan fingerprint density at radius 2 is 2.06 bits per heavy atom. The number of aromatic hydroxyl groups is 1. The second-order valence-corrected chi connectivity index (χ2v) is 4.55. The van der Waals surface area contributed by atoms with Crippen LogP contribution in [-0.2, 0) is 5.41 Å². The lowest BCUT2D eigenvalue weighted by Crippen LogP contribution is -2.15. The Morgan fingerprint density at radius 3 is 2.50 bits per heavy atom. The summed E-state index contributed by atoms with van der Waals surface area (Å²) in [5, 5.41) is 18.9. The predicted octanol–water partition coefficient (Wildman–Crippen LogP) is 3.16. The Bertz CT molecular complexity index is 461. The summed E-state index contributed by atoms with van der Waals surface area (Å²) in [4.78, 5) is 0. The normalized spacial score (nSPS) is 11.0. The van der Waals surface area contributed by atoms with E-state index in [9.17, 15) is 5.11 Å². The highest BCUT2D eigenvalue weighted by molar-refractivity contribution is 6.33. The van der Waals surface area contributed by atoms with Gasteiger partial charge in [-0.2, -0.15) is 5.26 Å². The number of halogens is 1. The van der Waals surface area contributed by atoms with Gasteiger partial charge in [0, 0.05) is 5.56 Å². The largest absolute Gasteiger partial charge is 0.506 e. The standard InChI is InChI=1S/C12H14ClNO2/c1-7-5-8(12(2,3)6-14)11(16-4)9(13)10(7)15/h5,15H,1-4H3. The maximum absolute atomic E-state index is 9.69. The van der Waals surface area contributed by atoms with Gasteiger partial charge < -0.3 is 9.84 Å². The van der Waals surface area contributed by atoms with Crippen molar-refractivity contribution in [3.05, 3.63) is 22.2 Å². The quantitative estimate of drug-likeness (QED) is 0.863. The molecule has 86 valence electrons. The summed E-state index contributed by atoms with van der Waals surface area (Å²) in [5.74, 6) is 0.354. The molecule has 0 unspecified atom stereocenters. The Morgan fingerprint density at radius 1 is 1.50 bits per heavy atom. The van der Waals surface area contributed by atoms with Gasteiger partial charge in [0.25, 0.3) is 0 Å². The average molecular weight is 240 g/mol. The van der Waals surface area contributed by atoms with E-state index in [1.165, 1.54) is 7.11 Å². The van der Waals surface area contributed by atoms with E-state index in [0.29, 0.717) is 16.9 Å². The van der Waals surface area contributed by atoms with Crippen LogP contribution < -0.4 is 4.74 Å². The van der Waals surface area contributed by atoms with Gasteiger partial charge >= 0.3 is 0 Å². The number of phenolic OH excluding ortho intramolecular Hbond substituents is 1. The third kappa shape index (κ3) is 1.94. The molecule has 0 aromatic heterocycles. The highest BCUT2D eigenvalue weighted by Crippen LogP contribution is 2.43. The number of hydrogen-bond donors (Lipinski definition) is 1. The highest BCUT2D eigenvalue weighted by atomic mass is 35.5. The molecule has 0 amide bonds. The number of methoxy groups -OCH3 is 1. The molecule has 4 heteroatoms. The minimum absolute atomic E-state index is 0.00370. The van der Waals surface area contributed by atoms with Crippen molar-refractivity contribution >= 4 is 11.6 Å². The lowest BCUT2D eigenvalue weighted by molar-refractivity contribution is 0.396. The molecule has 0 saturated heterocycles. The molecule has 1 rings (SSSR count). The first kappa shape index (κ1) is 12.7. The van der Waals surface area contributed by atoms with Gasteiger partial charge in [-0.05, 0) is 32.4 Å². The van der Waals surface area contributed by atoms with Crippen LogP contribution in [0.2, 0.25) is 5.02 Å². The molecule has 0 spiro atoms. The molecule has 0 aliphatic heterocycles. The summed E-state index contributed by atoms with van der Waals surface area (Å²) < 4.78 is 5.16. The SMILES string of the molecule is COc1c(C(C)(C)C#N)cc(C)c(O)c1Cl. The third-order valence-electron chi connectivity index (χ3n) is 2.54. The molecule has 3 nitrogen and oxygen atoms in total. The molecule has 0 bridgehead atoms. The van der Waals surface area contributed by atoms with Crippen molar-refractivity contribution in [3.63, 3.8) is 0 Å². The van der Waals surface area contributed by atoms with Gasteiger partial charge in [-0.3, -0.25) is 0 Å². The third-order valence-corrected chi connectivity index (χ3v) is 2.89. The van der Waals surface area contributed by atoms with Crippen LogP contribution in [0.5, 0.6) is 11.5 Å². The van der Waals surface area contributed by atoms with E-state index in [4.69, 9.17) is 21.6 Å². The fraction of sp³-hybridized carbons (Fsp3) is 0.417. The van der Waals surface area contributed by atoms with E-state index in [1.807, 2.05) is 0 Å². The molecular formula is C12H14ClNO2. The highest BCUT2D eigenvalue weighted by Gasteiger charge is 2.27. The van der Waals surface area contributed by atoms with E-state index < -0.39 is 5.41 Å². The van der Waals surface area contributed by atoms with Crippen molar-refractivity contribution in [2.24, 2.45) is 0 Å². The van der Waals surface area contributed by atoms with E-state index in [0.717, 1.165) is 0 Å². The summed E-state index contributed by atoms with van der Waals surface area (Å²) >= 11 is 5.98. The minimum atomic E-state index is -0.715. The molecule has 1 aromatic rings. The fourth-order valence-corrected chi connectivity index (χ4v) is 1.80.